The molecule has 12 rings (SSSR count). The van der Waals surface area contributed by atoms with E-state index in [1.54, 1.807) is 0 Å². The molecule has 9 aromatic carbocycles. The van der Waals surface area contributed by atoms with Crippen LogP contribution in [0, 0.1) is 0 Å². The van der Waals surface area contributed by atoms with Crippen LogP contribution in [-0.2, 0) is 0 Å². The standard InChI is InChI=1S/C51H30N4S/c1-2-13-33(14-3-1)49-52-50(37-22-21-31-11-4-5-15-34(31)27-37)54-51(53-49)42-19-10-20-45-47(42)41-26-24-38(30-46(41)56-45)55-44-29-36-17-7-6-16-35(36)28-43(44)40-25-23-32-12-8-9-18-39(32)48(40)55/h1-30H. The van der Waals surface area contributed by atoms with Crippen molar-refractivity contribution in [2.75, 3.05) is 0 Å². The monoisotopic (exact) mass is 730 g/mol. The summed E-state index contributed by atoms with van der Waals surface area (Å²) < 4.78 is 4.88. The van der Waals surface area contributed by atoms with Crippen LogP contribution in [0.25, 0.3) is 114 Å². The Morgan fingerprint density at radius 3 is 1.88 bits per heavy atom. The lowest BCUT2D eigenvalue weighted by Gasteiger charge is -2.11. The molecule has 12 aromatic rings. The van der Waals surface area contributed by atoms with Gasteiger partial charge in [0.25, 0.3) is 0 Å². The van der Waals surface area contributed by atoms with E-state index in [9.17, 15) is 0 Å². The molecule has 0 spiro atoms. The van der Waals surface area contributed by atoms with Crippen LogP contribution in [0.1, 0.15) is 0 Å². The molecule has 3 aromatic heterocycles. The second kappa shape index (κ2) is 12.2. The summed E-state index contributed by atoms with van der Waals surface area (Å²) >= 11 is 1.82. The molecule has 0 atom stereocenters. The predicted octanol–water partition coefficient (Wildman–Crippen LogP) is 13.8. The van der Waals surface area contributed by atoms with E-state index in [-0.39, 0.29) is 0 Å². The van der Waals surface area contributed by atoms with Gasteiger partial charge in [-0.25, -0.2) is 15.0 Å². The van der Waals surface area contributed by atoms with Crippen molar-refractivity contribution in [2.24, 2.45) is 0 Å². The molecule has 0 fully saturated rings. The first kappa shape index (κ1) is 31.2. The molecule has 0 aliphatic carbocycles. The van der Waals surface area contributed by atoms with E-state index in [2.05, 4.69) is 168 Å². The van der Waals surface area contributed by atoms with Gasteiger partial charge in [0.1, 0.15) is 0 Å². The minimum atomic E-state index is 0.656. The molecule has 0 bridgehead atoms. The van der Waals surface area contributed by atoms with Gasteiger partial charge in [-0.3, -0.25) is 0 Å². The Morgan fingerprint density at radius 2 is 1.04 bits per heavy atom. The summed E-state index contributed by atoms with van der Waals surface area (Å²) in [6.45, 7) is 0. The largest absolute Gasteiger partial charge is 0.309 e. The van der Waals surface area contributed by atoms with Crippen molar-refractivity contribution in [2.45, 2.75) is 0 Å². The van der Waals surface area contributed by atoms with Gasteiger partial charge in [0, 0.05) is 58.7 Å². The minimum Gasteiger partial charge on any atom is -0.309 e. The van der Waals surface area contributed by atoms with Gasteiger partial charge in [-0.1, -0.05) is 146 Å². The predicted molar refractivity (Wildman–Crippen MR) is 236 cm³/mol. The van der Waals surface area contributed by atoms with Crippen molar-refractivity contribution in [3.63, 3.8) is 0 Å². The first-order valence-electron chi connectivity index (χ1n) is 18.8. The molecule has 0 saturated heterocycles. The van der Waals surface area contributed by atoms with Crippen LogP contribution in [0.3, 0.4) is 0 Å². The van der Waals surface area contributed by atoms with Crippen molar-refractivity contribution in [1.29, 1.82) is 0 Å². The van der Waals surface area contributed by atoms with Gasteiger partial charge in [0.05, 0.1) is 11.0 Å². The molecular weight excluding hydrogens is 701 g/mol. The molecule has 4 nitrogen and oxygen atoms in total. The summed E-state index contributed by atoms with van der Waals surface area (Å²) in [7, 11) is 0. The third-order valence-electron chi connectivity index (χ3n) is 11.2. The Bertz CT molecular complexity index is 3540. The van der Waals surface area contributed by atoms with Crippen molar-refractivity contribution < 1.29 is 0 Å². The third kappa shape index (κ3) is 4.81. The second-order valence-electron chi connectivity index (χ2n) is 14.4. The molecule has 260 valence electrons. The van der Waals surface area contributed by atoms with E-state index in [1.807, 2.05) is 29.5 Å². The summed E-state index contributed by atoms with van der Waals surface area (Å²) in [5.41, 5.74) is 6.49. The molecule has 0 amide bonds. The van der Waals surface area contributed by atoms with Gasteiger partial charge >= 0.3 is 0 Å². The van der Waals surface area contributed by atoms with Gasteiger partial charge in [0.2, 0.25) is 0 Å². The minimum absolute atomic E-state index is 0.656. The summed E-state index contributed by atoms with van der Waals surface area (Å²) in [5, 5.41) is 12.2. The highest BCUT2D eigenvalue weighted by Crippen LogP contribution is 2.43. The molecule has 0 N–H and O–H groups in total. The average molecular weight is 731 g/mol. The number of rotatable bonds is 4. The maximum Gasteiger partial charge on any atom is 0.164 e. The first-order valence-corrected chi connectivity index (χ1v) is 19.7. The molecule has 5 heteroatoms. The summed E-state index contributed by atoms with van der Waals surface area (Å²) in [4.78, 5) is 15.4. The third-order valence-corrected chi connectivity index (χ3v) is 12.3. The van der Waals surface area contributed by atoms with Crippen molar-refractivity contribution >= 4 is 85.6 Å². The van der Waals surface area contributed by atoms with Crippen LogP contribution in [0.15, 0.2) is 182 Å². The van der Waals surface area contributed by atoms with Gasteiger partial charge in [0.15, 0.2) is 17.5 Å². The lowest BCUT2D eigenvalue weighted by molar-refractivity contribution is 1.08. The lowest BCUT2D eigenvalue weighted by Crippen LogP contribution is -2.00. The number of aromatic nitrogens is 4. The summed E-state index contributed by atoms with van der Waals surface area (Å²) in [6, 6.07) is 65.1. The Labute approximate surface area is 325 Å². The fourth-order valence-corrected chi connectivity index (χ4v) is 9.71. The van der Waals surface area contributed by atoms with Crippen molar-refractivity contribution in [1.82, 2.24) is 19.5 Å². The number of benzene rings is 9. The smallest absolute Gasteiger partial charge is 0.164 e. The zero-order valence-corrected chi connectivity index (χ0v) is 30.8. The van der Waals surface area contributed by atoms with E-state index < -0.39 is 0 Å². The Kier molecular flexibility index (Phi) is 6.76. The number of hydrogen-bond donors (Lipinski definition) is 0. The second-order valence-corrected chi connectivity index (χ2v) is 15.5. The van der Waals surface area contributed by atoms with Crippen molar-refractivity contribution in [3.05, 3.63) is 182 Å². The molecule has 0 aliphatic heterocycles. The van der Waals surface area contributed by atoms with E-state index in [0.717, 1.165) is 33.2 Å². The Hall–Kier alpha value is -7.21. The molecule has 56 heavy (non-hydrogen) atoms. The van der Waals surface area contributed by atoms with Gasteiger partial charge in [-0.15, -0.1) is 11.3 Å². The fourth-order valence-electron chi connectivity index (χ4n) is 8.54. The quantitative estimate of drug-likeness (QED) is 0.181. The van der Waals surface area contributed by atoms with Crippen LogP contribution in [0.4, 0.5) is 0 Å². The Balaban J connectivity index is 1.09. The van der Waals surface area contributed by atoms with Crippen LogP contribution < -0.4 is 0 Å². The van der Waals surface area contributed by atoms with E-state index >= 15 is 0 Å². The van der Waals surface area contributed by atoms with E-state index in [0.29, 0.717) is 17.5 Å². The SMILES string of the molecule is c1ccc(-c2nc(-c3ccc4ccccc4c3)nc(-c3cccc4sc5cc(-n6c7cc8ccccc8cc7c7ccc8ccccc8c76)ccc5c34)n2)cc1. The van der Waals surface area contributed by atoms with Crippen LogP contribution >= 0.6 is 11.3 Å². The van der Waals surface area contributed by atoms with E-state index in [4.69, 9.17) is 15.0 Å². The molecule has 0 saturated carbocycles. The Morgan fingerprint density at radius 1 is 0.375 bits per heavy atom. The number of hydrogen-bond acceptors (Lipinski definition) is 4. The highest BCUT2D eigenvalue weighted by atomic mass is 32.1. The average Bonchev–Trinajstić information content (AvgIpc) is 3.80. The normalized spacial score (nSPS) is 11.9. The lowest BCUT2D eigenvalue weighted by atomic mass is 10.0. The van der Waals surface area contributed by atoms with Crippen molar-refractivity contribution in [3.8, 4) is 39.9 Å². The number of fused-ring (bicyclic) bond motifs is 10. The molecule has 3 heterocycles. The molecule has 0 unspecified atom stereocenters. The summed E-state index contributed by atoms with van der Waals surface area (Å²) in [5.74, 6) is 1.98. The molecular formula is C51H30N4S. The molecule has 0 radical (unpaired) electrons. The topological polar surface area (TPSA) is 43.6 Å². The maximum absolute atomic E-state index is 5.20. The van der Waals surface area contributed by atoms with Gasteiger partial charge in [-0.2, -0.15) is 0 Å². The van der Waals surface area contributed by atoms with E-state index in [1.165, 1.54) is 63.5 Å². The molecule has 0 aliphatic rings. The highest BCUT2D eigenvalue weighted by Gasteiger charge is 2.20. The number of thiophene rings is 1. The van der Waals surface area contributed by atoms with Crippen LogP contribution in [0.2, 0.25) is 0 Å². The van der Waals surface area contributed by atoms with Gasteiger partial charge < -0.3 is 4.57 Å². The van der Waals surface area contributed by atoms with Crippen LogP contribution in [-0.4, -0.2) is 19.5 Å². The summed E-state index contributed by atoms with van der Waals surface area (Å²) in [6.07, 6.45) is 0. The highest BCUT2D eigenvalue weighted by molar-refractivity contribution is 7.26. The maximum atomic E-state index is 5.20. The zero-order chi connectivity index (χ0) is 36.7. The number of nitrogens with zero attached hydrogens (tertiary/aromatic N) is 4. The first-order chi connectivity index (χ1) is 27.7. The zero-order valence-electron chi connectivity index (χ0n) is 30.0. The van der Waals surface area contributed by atoms with Crippen LogP contribution in [0.5, 0.6) is 0 Å². The fraction of sp³-hybridized carbons (Fsp3) is 0. The van der Waals surface area contributed by atoms with Gasteiger partial charge in [-0.05, 0) is 63.3 Å².